The van der Waals surface area contributed by atoms with Gasteiger partial charge in [0.15, 0.2) is 17.3 Å². The molecule has 0 unspecified atom stereocenters. The van der Waals surface area contributed by atoms with E-state index < -0.39 is 0 Å². The average molecular weight is 212 g/mol. The Morgan fingerprint density at radius 3 is 2.43 bits per heavy atom. The number of methoxy groups -OCH3 is 2. The fourth-order valence-electron chi connectivity index (χ4n) is 1.10. The lowest BCUT2D eigenvalue weighted by atomic mass is 10.1. The summed E-state index contributed by atoms with van der Waals surface area (Å²) < 4.78 is 10.1. The average Bonchev–Trinajstić information content (AvgIpc) is 2.26. The van der Waals surface area contributed by atoms with Crippen LogP contribution in [0.5, 0.6) is 11.5 Å². The van der Waals surface area contributed by atoms with Gasteiger partial charge in [0.2, 0.25) is 0 Å². The van der Waals surface area contributed by atoms with Gasteiger partial charge in [-0.3, -0.25) is 4.79 Å². The van der Waals surface area contributed by atoms with Gasteiger partial charge in [0.25, 0.3) is 0 Å². The number of ether oxygens (including phenoxy) is 2. The standard InChI is InChI=1S/C10H12O3S/c1-12-9-4-3-7(8(11)6-14)5-10(9)13-2/h3-5,14H,6H2,1-2H3. The summed E-state index contributed by atoms with van der Waals surface area (Å²) in [6.45, 7) is 0. The Morgan fingerprint density at radius 2 is 1.93 bits per heavy atom. The first kappa shape index (κ1) is 10.9. The van der Waals surface area contributed by atoms with Gasteiger partial charge < -0.3 is 9.47 Å². The number of hydrogen-bond donors (Lipinski definition) is 1. The van der Waals surface area contributed by atoms with E-state index >= 15 is 0 Å². The molecule has 1 aromatic carbocycles. The first-order chi connectivity index (χ1) is 6.72. The van der Waals surface area contributed by atoms with Gasteiger partial charge in [0.05, 0.1) is 20.0 Å². The minimum atomic E-state index is -0.0331. The van der Waals surface area contributed by atoms with Crippen molar-refractivity contribution < 1.29 is 14.3 Å². The number of carbonyl (C=O) groups excluding carboxylic acids is 1. The van der Waals surface area contributed by atoms with Gasteiger partial charge in [0, 0.05) is 5.56 Å². The second-order valence-electron chi connectivity index (χ2n) is 2.65. The highest BCUT2D eigenvalue weighted by atomic mass is 32.1. The Morgan fingerprint density at radius 1 is 1.29 bits per heavy atom. The molecule has 3 nitrogen and oxygen atoms in total. The van der Waals surface area contributed by atoms with Crippen molar-refractivity contribution in [1.82, 2.24) is 0 Å². The maximum atomic E-state index is 11.3. The maximum absolute atomic E-state index is 11.3. The molecule has 0 spiro atoms. The molecular weight excluding hydrogens is 200 g/mol. The van der Waals surface area contributed by atoms with E-state index in [1.54, 1.807) is 25.3 Å². The molecule has 0 aromatic heterocycles. The molecule has 0 aliphatic rings. The van der Waals surface area contributed by atoms with Crippen molar-refractivity contribution >= 4 is 18.4 Å². The Bertz CT molecular complexity index is 336. The van der Waals surface area contributed by atoms with Crippen LogP contribution in [0, 0.1) is 0 Å². The fourth-order valence-corrected chi connectivity index (χ4v) is 1.28. The van der Waals surface area contributed by atoms with Crippen molar-refractivity contribution in [3.05, 3.63) is 23.8 Å². The van der Waals surface area contributed by atoms with E-state index in [4.69, 9.17) is 9.47 Å². The Labute approximate surface area is 88.4 Å². The monoisotopic (exact) mass is 212 g/mol. The van der Waals surface area contributed by atoms with Crippen LogP contribution in [-0.2, 0) is 0 Å². The number of thiol groups is 1. The Balaban J connectivity index is 3.07. The third kappa shape index (κ3) is 2.20. The number of rotatable bonds is 4. The van der Waals surface area contributed by atoms with Gasteiger partial charge in [-0.05, 0) is 18.2 Å². The quantitative estimate of drug-likeness (QED) is 0.610. The number of ketones is 1. The van der Waals surface area contributed by atoms with Crippen molar-refractivity contribution in [2.45, 2.75) is 0 Å². The van der Waals surface area contributed by atoms with Crippen LogP contribution < -0.4 is 9.47 Å². The minimum Gasteiger partial charge on any atom is -0.493 e. The number of benzene rings is 1. The lowest BCUT2D eigenvalue weighted by Gasteiger charge is -2.08. The number of carbonyl (C=O) groups is 1. The number of hydrogen-bond acceptors (Lipinski definition) is 4. The third-order valence-electron chi connectivity index (χ3n) is 1.85. The third-order valence-corrected chi connectivity index (χ3v) is 2.14. The predicted molar refractivity (Wildman–Crippen MR) is 57.7 cm³/mol. The van der Waals surface area contributed by atoms with E-state index in [-0.39, 0.29) is 11.5 Å². The Hall–Kier alpha value is -1.16. The van der Waals surface area contributed by atoms with Crippen LogP contribution in [0.25, 0.3) is 0 Å². The molecule has 76 valence electrons. The summed E-state index contributed by atoms with van der Waals surface area (Å²) in [5.74, 6) is 1.33. The molecule has 0 aliphatic carbocycles. The summed E-state index contributed by atoms with van der Waals surface area (Å²) in [7, 11) is 3.09. The molecule has 0 amide bonds. The first-order valence-corrected chi connectivity index (χ1v) is 4.72. The second kappa shape index (κ2) is 4.91. The van der Waals surface area contributed by atoms with Crippen LogP contribution in [0.1, 0.15) is 10.4 Å². The SMILES string of the molecule is COc1ccc(C(=O)CS)cc1OC. The molecule has 0 radical (unpaired) electrons. The van der Waals surface area contributed by atoms with Crippen LogP contribution in [0.4, 0.5) is 0 Å². The first-order valence-electron chi connectivity index (χ1n) is 4.09. The van der Waals surface area contributed by atoms with Crippen LogP contribution in [0.3, 0.4) is 0 Å². The van der Waals surface area contributed by atoms with E-state index in [0.717, 1.165) is 0 Å². The molecule has 1 rings (SSSR count). The van der Waals surface area contributed by atoms with Crippen molar-refractivity contribution in [1.29, 1.82) is 0 Å². The van der Waals surface area contributed by atoms with E-state index in [1.165, 1.54) is 7.11 Å². The van der Waals surface area contributed by atoms with Crippen LogP contribution in [0.2, 0.25) is 0 Å². The molecular formula is C10H12O3S. The molecule has 14 heavy (non-hydrogen) atoms. The van der Waals surface area contributed by atoms with Crippen molar-refractivity contribution in [2.24, 2.45) is 0 Å². The van der Waals surface area contributed by atoms with Gasteiger partial charge >= 0.3 is 0 Å². The van der Waals surface area contributed by atoms with Crippen molar-refractivity contribution in [2.75, 3.05) is 20.0 Å². The maximum Gasteiger partial charge on any atom is 0.172 e. The summed E-state index contributed by atoms with van der Waals surface area (Å²) in [5.41, 5.74) is 0.581. The van der Waals surface area contributed by atoms with Gasteiger partial charge in [-0.2, -0.15) is 12.6 Å². The van der Waals surface area contributed by atoms with Crippen LogP contribution in [0.15, 0.2) is 18.2 Å². The predicted octanol–water partition coefficient (Wildman–Crippen LogP) is 1.82. The topological polar surface area (TPSA) is 35.5 Å². The molecule has 0 heterocycles. The summed E-state index contributed by atoms with van der Waals surface area (Å²) in [5, 5.41) is 0. The summed E-state index contributed by atoms with van der Waals surface area (Å²) in [6, 6.07) is 5.05. The zero-order chi connectivity index (χ0) is 10.6. The summed E-state index contributed by atoms with van der Waals surface area (Å²) in [6.07, 6.45) is 0. The molecule has 0 fully saturated rings. The molecule has 0 N–H and O–H groups in total. The summed E-state index contributed by atoms with van der Waals surface area (Å²) >= 11 is 3.92. The van der Waals surface area contributed by atoms with E-state index in [2.05, 4.69) is 12.6 Å². The number of Topliss-reactive ketones (excluding diaryl/α,β-unsaturated/α-hetero) is 1. The molecule has 0 saturated heterocycles. The second-order valence-corrected chi connectivity index (χ2v) is 2.97. The molecule has 4 heteroatoms. The highest BCUT2D eigenvalue weighted by Gasteiger charge is 2.08. The highest BCUT2D eigenvalue weighted by Crippen LogP contribution is 2.27. The van der Waals surface area contributed by atoms with Crippen LogP contribution in [-0.4, -0.2) is 25.8 Å². The smallest absolute Gasteiger partial charge is 0.172 e. The van der Waals surface area contributed by atoms with E-state index in [9.17, 15) is 4.79 Å². The fraction of sp³-hybridized carbons (Fsp3) is 0.300. The van der Waals surface area contributed by atoms with Gasteiger partial charge in [-0.25, -0.2) is 0 Å². The lowest BCUT2D eigenvalue weighted by molar-refractivity contribution is 0.102. The molecule has 0 aliphatic heterocycles. The molecule has 1 aromatic rings. The zero-order valence-electron chi connectivity index (χ0n) is 8.11. The zero-order valence-corrected chi connectivity index (χ0v) is 9.01. The van der Waals surface area contributed by atoms with Crippen molar-refractivity contribution in [3.8, 4) is 11.5 Å². The van der Waals surface area contributed by atoms with Gasteiger partial charge in [-0.1, -0.05) is 0 Å². The van der Waals surface area contributed by atoms with Crippen LogP contribution >= 0.6 is 12.6 Å². The largest absolute Gasteiger partial charge is 0.493 e. The molecule has 0 bridgehead atoms. The normalized spacial score (nSPS) is 9.64. The van der Waals surface area contributed by atoms with E-state index in [1.807, 2.05) is 0 Å². The summed E-state index contributed by atoms with van der Waals surface area (Å²) in [4.78, 5) is 11.3. The molecule has 0 saturated carbocycles. The van der Waals surface area contributed by atoms with Gasteiger partial charge in [-0.15, -0.1) is 0 Å². The van der Waals surface area contributed by atoms with Crippen molar-refractivity contribution in [3.63, 3.8) is 0 Å². The highest BCUT2D eigenvalue weighted by molar-refractivity contribution is 7.81. The minimum absolute atomic E-state index is 0.0331. The van der Waals surface area contributed by atoms with Gasteiger partial charge in [0.1, 0.15) is 0 Å². The Kier molecular flexibility index (Phi) is 3.83. The molecule has 0 atom stereocenters. The van der Waals surface area contributed by atoms with E-state index in [0.29, 0.717) is 17.1 Å². The lowest BCUT2D eigenvalue weighted by Crippen LogP contribution is -2.01.